The lowest BCUT2D eigenvalue weighted by atomic mass is 10.0. The van der Waals surface area contributed by atoms with Crippen molar-refractivity contribution >= 4 is 27.8 Å². The number of carbonyl (C=O) groups excluding carboxylic acids is 1. The van der Waals surface area contributed by atoms with Crippen LogP contribution in [0.5, 0.6) is 0 Å². The Balaban J connectivity index is 3.16. The average Bonchev–Trinajstić information content (AvgIpc) is 2.30. The van der Waals surface area contributed by atoms with Gasteiger partial charge in [0.25, 0.3) is 5.91 Å². The van der Waals surface area contributed by atoms with E-state index < -0.39 is 23.2 Å². The van der Waals surface area contributed by atoms with Crippen molar-refractivity contribution in [3.63, 3.8) is 0 Å². The molecule has 4 nitrogen and oxygen atoms in total. The third kappa shape index (κ3) is 2.53. The van der Waals surface area contributed by atoms with Crippen molar-refractivity contribution in [3.05, 3.63) is 34.1 Å². The summed E-state index contributed by atoms with van der Waals surface area (Å²) in [5, 5.41) is 9.05. The van der Waals surface area contributed by atoms with Crippen molar-refractivity contribution in [1.29, 1.82) is 0 Å². The Morgan fingerprint density at radius 3 is 2.44 bits per heavy atom. The molecule has 0 aromatic heterocycles. The molecule has 0 saturated heterocycles. The van der Waals surface area contributed by atoms with E-state index in [1.807, 2.05) is 0 Å². The molecule has 18 heavy (non-hydrogen) atoms. The second kappa shape index (κ2) is 5.06. The van der Waals surface area contributed by atoms with Gasteiger partial charge in [0.15, 0.2) is 0 Å². The van der Waals surface area contributed by atoms with E-state index in [9.17, 15) is 14.0 Å². The van der Waals surface area contributed by atoms with Gasteiger partial charge in [0, 0.05) is 7.05 Å². The number of likely N-dealkylation sites (N-methyl/N-ethyl adjacent to an activating group) is 1. The first-order valence-corrected chi connectivity index (χ1v) is 5.94. The third-order valence-electron chi connectivity index (χ3n) is 2.85. The monoisotopic (exact) mass is 317 g/mol. The second-order valence-electron chi connectivity index (χ2n) is 4.33. The maximum absolute atomic E-state index is 13.3. The first-order chi connectivity index (χ1) is 8.19. The number of carbonyl (C=O) groups is 2. The quantitative estimate of drug-likeness (QED) is 0.932. The van der Waals surface area contributed by atoms with Gasteiger partial charge in [-0.05, 0) is 41.9 Å². The summed E-state index contributed by atoms with van der Waals surface area (Å²) in [6.45, 7) is 2.81. The Labute approximate surface area is 113 Å². The summed E-state index contributed by atoms with van der Waals surface area (Å²) in [5.41, 5.74) is -1.28. The van der Waals surface area contributed by atoms with Crippen molar-refractivity contribution in [2.45, 2.75) is 19.4 Å². The van der Waals surface area contributed by atoms with Gasteiger partial charge in [-0.25, -0.2) is 9.18 Å². The van der Waals surface area contributed by atoms with E-state index in [1.54, 1.807) is 0 Å². The molecular formula is C12H13BrFNO3. The van der Waals surface area contributed by atoms with E-state index in [-0.39, 0.29) is 10.0 Å². The minimum atomic E-state index is -1.37. The maximum atomic E-state index is 13.3. The number of hydrogen-bond acceptors (Lipinski definition) is 2. The van der Waals surface area contributed by atoms with Crippen LogP contribution in [0.1, 0.15) is 24.2 Å². The predicted octanol–water partition coefficient (Wildman–Crippen LogP) is 2.52. The predicted molar refractivity (Wildman–Crippen MR) is 67.9 cm³/mol. The number of halogens is 2. The first-order valence-electron chi connectivity index (χ1n) is 5.15. The Morgan fingerprint density at radius 2 is 1.94 bits per heavy atom. The topological polar surface area (TPSA) is 57.6 Å². The molecule has 1 rings (SSSR count). The molecule has 0 aliphatic carbocycles. The number of hydrogen-bond donors (Lipinski definition) is 1. The summed E-state index contributed by atoms with van der Waals surface area (Å²) in [6.07, 6.45) is 0. The van der Waals surface area contributed by atoms with Gasteiger partial charge in [-0.15, -0.1) is 0 Å². The third-order valence-corrected chi connectivity index (χ3v) is 3.65. The summed E-state index contributed by atoms with van der Waals surface area (Å²) < 4.78 is 13.4. The van der Waals surface area contributed by atoms with E-state index >= 15 is 0 Å². The number of benzene rings is 1. The lowest BCUT2D eigenvalue weighted by molar-refractivity contribution is -0.147. The van der Waals surface area contributed by atoms with Crippen LogP contribution in [0.3, 0.4) is 0 Å². The van der Waals surface area contributed by atoms with Crippen molar-refractivity contribution in [3.8, 4) is 0 Å². The van der Waals surface area contributed by atoms with Crippen LogP contribution in [0, 0.1) is 5.82 Å². The molecule has 0 atom stereocenters. The number of aliphatic carboxylic acids is 1. The minimum Gasteiger partial charge on any atom is -0.480 e. The highest BCUT2D eigenvalue weighted by Gasteiger charge is 2.36. The molecular weight excluding hydrogens is 305 g/mol. The number of carboxylic acids is 1. The summed E-state index contributed by atoms with van der Waals surface area (Å²) in [5.74, 6) is -2.26. The van der Waals surface area contributed by atoms with Gasteiger partial charge in [0.05, 0.1) is 10.0 Å². The first kappa shape index (κ1) is 14.6. The summed E-state index contributed by atoms with van der Waals surface area (Å²) in [6, 6.07) is 4.04. The SMILES string of the molecule is CN(C(=O)c1cccc(F)c1Br)C(C)(C)C(=O)O. The molecule has 1 aromatic carbocycles. The molecule has 0 radical (unpaired) electrons. The smallest absolute Gasteiger partial charge is 0.329 e. The Bertz CT molecular complexity index is 502. The fourth-order valence-electron chi connectivity index (χ4n) is 1.25. The molecule has 0 aliphatic heterocycles. The highest BCUT2D eigenvalue weighted by Crippen LogP contribution is 2.24. The maximum Gasteiger partial charge on any atom is 0.329 e. The van der Waals surface area contributed by atoms with E-state index in [1.165, 1.54) is 39.1 Å². The largest absolute Gasteiger partial charge is 0.480 e. The molecule has 0 saturated carbocycles. The number of rotatable bonds is 3. The van der Waals surface area contributed by atoms with Crippen LogP contribution in [0.2, 0.25) is 0 Å². The summed E-state index contributed by atoms with van der Waals surface area (Å²) >= 11 is 2.98. The van der Waals surface area contributed by atoms with Crippen molar-refractivity contribution < 1.29 is 19.1 Å². The van der Waals surface area contributed by atoms with Gasteiger partial charge in [-0.2, -0.15) is 0 Å². The van der Waals surface area contributed by atoms with Crippen molar-refractivity contribution in [2.24, 2.45) is 0 Å². The molecule has 1 aromatic rings. The van der Waals surface area contributed by atoms with E-state index in [4.69, 9.17) is 5.11 Å². The Morgan fingerprint density at radius 1 is 1.39 bits per heavy atom. The highest BCUT2D eigenvalue weighted by molar-refractivity contribution is 9.10. The fraction of sp³-hybridized carbons (Fsp3) is 0.333. The van der Waals surface area contributed by atoms with Crippen molar-refractivity contribution in [2.75, 3.05) is 7.05 Å². The van der Waals surface area contributed by atoms with Crippen LogP contribution in [0.25, 0.3) is 0 Å². The second-order valence-corrected chi connectivity index (χ2v) is 5.12. The normalized spacial score (nSPS) is 11.2. The van der Waals surface area contributed by atoms with Gasteiger partial charge in [-0.1, -0.05) is 6.07 Å². The van der Waals surface area contributed by atoms with Gasteiger partial charge in [0.2, 0.25) is 0 Å². The standard InChI is InChI=1S/C12H13BrFNO3/c1-12(2,11(17)18)15(3)10(16)7-5-4-6-8(14)9(7)13/h4-6H,1-3H3,(H,17,18). The summed E-state index contributed by atoms with van der Waals surface area (Å²) in [7, 11) is 1.37. The number of nitrogens with zero attached hydrogens (tertiary/aromatic N) is 1. The van der Waals surface area contributed by atoms with Crippen LogP contribution < -0.4 is 0 Å². The molecule has 1 N–H and O–H groups in total. The lowest BCUT2D eigenvalue weighted by Crippen LogP contribution is -2.50. The Hall–Kier alpha value is -1.43. The average molecular weight is 318 g/mol. The molecule has 0 aliphatic rings. The molecule has 0 spiro atoms. The van der Waals surface area contributed by atoms with Crippen LogP contribution in [0.15, 0.2) is 22.7 Å². The van der Waals surface area contributed by atoms with Gasteiger partial charge in [-0.3, -0.25) is 4.79 Å². The van der Waals surface area contributed by atoms with E-state index in [2.05, 4.69) is 15.9 Å². The van der Waals surface area contributed by atoms with Crippen LogP contribution in [0.4, 0.5) is 4.39 Å². The summed E-state index contributed by atoms with van der Waals surface area (Å²) in [4.78, 5) is 24.3. The Kier molecular flexibility index (Phi) is 4.11. The number of carboxylic acid groups (broad SMARTS) is 1. The lowest BCUT2D eigenvalue weighted by Gasteiger charge is -2.31. The zero-order valence-electron chi connectivity index (χ0n) is 10.2. The van der Waals surface area contributed by atoms with Crippen molar-refractivity contribution in [1.82, 2.24) is 4.90 Å². The molecule has 0 bridgehead atoms. The molecule has 1 amide bonds. The zero-order valence-corrected chi connectivity index (χ0v) is 11.8. The van der Waals surface area contributed by atoms with Gasteiger partial charge in [0.1, 0.15) is 11.4 Å². The minimum absolute atomic E-state index is 0.0306. The molecule has 0 fully saturated rings. The molecule has 0 heterocycles. The molecule has 98 valence electrons. The highest BCUT2D eigenvalue weighted by atomic mass is 79.9. The van der Waals surface area contributed by atoms with Gasteiger partial charge >= 0.3 is 5.97 Å². The van der Waals surface area contributed by atoms with Crippen LogP contribution in [-0.2, 0) is 4.79 Å². The molecule has 0 unspecified atom stereocenters. The number of amides is 1. The van der Waals surface area contributed by atoms with Crippen LogP contribution in [-0.4, -0.2) is 34.5 Å². The zero-order chi connectivity index (χ0) is 14.1. The van der Waals surface area contributed by atoms with E-state index in [0.29, 0.717) is 0 Å². The van der Waals surface area contributed by atoms with Crippen LogP contribution >= 0.6 is 15.9 Å². The van der Waals surface area contributed by atoms with E-state index in [0.717, 1.165) is 4.90 Å². The molecule has 6 heteroatoms. The van der Waals surface area contributed by atoms with Gasteiger partial charge < -0.3 is 10.0 Å². The fourth-order valence-corrected chi connectivity index (χ4v) is 1.68.